The monoisotopic (exact) mass is 428 g/mol. The summed E-state index contributed by atoms with van der Waals surface area (Å²) in [6, 6.07) is 10.5. The molecule has 10 heteroatoms. The number of hydrogen-bond acceptors (Lipinski definition) is 7. The van der Waals surface area contributed by atoms with Crippen LogP contribution in [0, 0.1) is 12.7 Å². The van der Waals surface area contributed by atoms with Gasteiger partial charge < -0.3 is 10.2 Å². The maximum atomic E-state index is 13.1. The first kappa shape index (κ1) is 20.2. The first-order valence-electron chi connectivity index (χ1n) is 9.44. The van der Waals surface area contributed by atoms with E-state index in [1.165, 1.54) is 22.8 Å². The Bertz CT molecular complexity index is 1130. The lowest BCUT2D eigenvalue weighted by atomic mass is 10.3. The molecule has 0 radical (unpaired) electrons. The number of rotatable bonds is 5. The number of pyridine rings is 1. The van der Waals surface area contributed by atoms with Crippen LogP contribution in [-0.4, -0.2) is 53.9 Å². The molecule has 0 spiro atoms. The van der Waals surface area contributed by atoms with E-state index in [-0.39, 0.29) is 4.90 Å². The highest BCUT2D eigenvalue weighted by Gasteiger charge is 2.29. The Kier molecular flexibility index (Phi) is 5.60. The van der Waals surface area contributed by atoms with E-state index in [0.717, 1.165) is 17.7 Å². The SMILES string of the molecule is Cc1ccnc(Nc2cc(N3CCN(S(=O)(=O)c4ccc(F)cc4)CC3)ncn2)c1. The van der Waals surface area contributed by atoms with Gasteiger partial charge in [-0.1, -0.05) is 0 Å². The van der Waals surface area contributed by atoms with Crippen molar-refractivity contribution in [3.63, 3.8) is 0 Å². The molecule has 1 N–H and O–H groups in total. The molecule has 2 aromatic heterocycles. The van der Waals surface area contributed by atoms with Crippen molar-refractivity contribution in [2.24, 2.45) is 0 Å². The maximum Gasteiger partial charge on any atom is 0.243 e. The van der Waals surface area contributed by atoms with Gasteiger partial charge in [-0.2, -0.15) is 4.31 Å². The Morgan fingerprint density at radius 3 is 2.33 bits per heavy atom. The Labute approximate surface area is 174 Å². The van der Waals surface area contributed by atoms with E-state index in [4.69, 9.17) is 0 Å². The number of piperazine rings is 1. The van der Waals surface area contributed by atoms with E-state index in [2.05, 4.69) is 20.3 Å². The molecule has 1 aromatic carbocycles. The van der Waals surface area contributed by atoms with Gasteiger partial charge in [0.25, 0.3) is 0 Å². The summed E-state index contributed by atoms with van der Waals surface area (Å²) >= 11 is 0. The molecular weight excluding hydrogens is 407 g/mol. The van der Waals surface area contributed by atoms with E-state index < -0.39 is 15.8 Å². The molecule has 30 heavy (non-hydrogen) atoms. The third kappa shape index (κ3) is 4.39. The molecule has 1 aliphatic rings. The lowest BCUT2D eigenvalue weighted by Crippen LogP contribution is -2.48. The molecule has 3 aromatic rings. The molecule has 156 valence electrons. The summed E-state index contributed by atoms with van der Waals surface area (Å²) in [6.45, 7) is 3.58. The third-order valence-electron chi connectivity index (χ3n) is 4.84. The standard InChI is InChI=1S/C20H21FN6O2S/c1-15-6-7-22-18(12-15)25-19-13-20(24-14-23-19)26-8-10-27(11-9-26)30(28,29)17-4-2-16(21)3-5-17/h2-7,12-14H,8-11H2,1H3,(H,22,23,24,25). The number of aromatic nitrogens is 3. The zero-order chi connectivity index (χ0) is 21.1. The van der Waals surface area contributed by atoms with Gasteiger partial charge in [-0.15, -0.1) is 0 Å². The van der Waals surface area contributed by atoms with E-state index >= 15 is 0 Å². The van der Waals surface area contributed by atoms with Crippen LogP contribution in [0.4, 0.5) is 21.8 Å². The van der Waals surface area contributed by atoms with E-state index in [9.17, 15) is 12.8 Å². The van der Waals surface area contributed by atoms with Gasteiger partial charge in [0.15, 0.2) is 0 Å². The van der Waals surface area contributed by atoms with Crippen molar-refractivity contribution in [2.75, 3.05) is 36.4 Å². The Balaban J connectivity index is 1.43. The number of nitrogens with zero attached hydrogens (tertiary/aromatic N) is 5. The summed E-state index contributed by atoms with van der Waals surface area (Å²) in [5.74, 6) is 1.54. The third-order valence-corrected chi connectivity index (χ3v) is 6.75. The fraction of sp³-hybridized carbons (Fsp3) is 0.250. The maximum absolute atomic E-state index is 13.1. The molecule has 0 aliphatic carbocycles. The summed E-state index contributed by atoms with van der Waals surface area (Å²) in [4.78, 5) is 14.9. The van der Waals surface area contributed by atoms with Crippen molar-refractivity contribution in [3.8, 4) is 0 Å². The van der Waals surface area contributed by atoms with Crippen LogP contribution < -0.4 is 10.2 Å². The van der Waals surface area contributed by atoms with Crippen LogP contribution in [-0.2, 0) is 10.0 Å². The van der Waals surface area contributed by atoms with Crippen molar-refractivity contribution >= 4 is 27.5 Å². The average Bonchev–Trinajstić information content (AvgIpc) is 2.74. The molecule has 4 rings (SSSR count). The first-order chi connectivity index (χ1) is 14.4. The molecule has 0 amide bonds. The zero-order valence-electron chi connectivity index (χ0n) is 16.4. The van der Waals surface area contributed by atoms with Crippen LogP contribution in [0.15, 0.2) is 59.9 Å². The van der Waals surface area contributed by atoms with Crippen molar-refractivity contribution in [1.29, 1.82) is 0 Å². The smallest absolute Gasteiger partial charge is 0.243 e. The minimum atomic E-state index is -3.65. The molecular formula is C20H21FN6O2S. The van der Waals surface area contributed by atoms with Crippen molar-refractivity contribution < 1.29 is 12.8 Å². The van der Waals surface area contributed by atoms with Crippen LogP contribution in [0.25, 0.3) is 0 Å². The first-order valence-corrected chi connectivity index (χ1v) is 10.9. The molecule has 0 saturated carbocycles. The Morgan fingerprint density at radius 2 is 1.63 bits per heavy atom. The Morgan fingerprint density at radius 1 is 0.933 bits per heavy atom. The highest BCUT2D eigenvalue weighted by molar-refractivity contribution is 7.89. The summed E-state index contributed by atoms with van der Waals surface area (Å²) in [6.07, 6.45) is 3.19. The highest BCUT2D eigenvalue weighted by Crippen LogP contribution is 2.22. The molecule has 0 unspecified atom stereocenters. The normalized spacial score (nSPS) is 15.2. The van der Waals surface area contributed by atoms with E-state index in [1.807, 2.05) is 30.0 Å². The fourth-order valence-electron chi connectivity index (χ4n) is 3.24. The molecule has 0 atom stereocenters. The Hall–Kier alpha value is -3.11. The van der Waals surface area contributed by atoms with Gasteiger partial charge in [-0.3, -0.25) is 0 Å². The largest absolute Gasteiger partial charge is 0.354 e. The quantitative estimate of drug-likeness (QED) is 0.668. The minimum Gasteiger partial charge on any atom is -0.354 e. The molecule has 0 bridgehead atoms. The minimum absolute atomic E-state index is 0.0940. The summed E-state index contributed by atoms with van der Waals surface area (Å²) in [7, 11) is -3.65. The number of anilines is 3. The molecule has 1 aliphatic heterocycles. The van der Waals surface area contributed by atoms with Crippen LogP contribution in [0.3, 0.4) is 0 Å². The van der Waals surface area contributed by atoms with Crippen LogP contribution in [0.5, 0.6) is 0 Å². The number of sulfonamides is 1. The van der Waals surface area contributed by atoms with Crippen LogP contribution in [0.2, 0.25) is 0 Å². The number of hydrogen-bond donors (Lipinski definition) is 1. The van der Waals surface area contributed by atoms with Gasteiger partial charge >= 0.3 is 0 Å². The van der Waals surface area contributed by atoms with Crippen molar-refractivity contribution in [1.82, 2.24) is 19.3 Å². The average molecular weight is 428 g/mol. The summed E-state index contributed by atoms with van der Waals surface area (Å²) in [5.41, 5.74) is 1.08. The van der Waals surface area contributed by atoms with Crippen LogP contribution in [0.1, 0.15) is 5.56 Å². The van der Waals surface area contributed by atoms with Gasteiger partial charge in [0.2, 0.25) is 10.0 Å². The lowest BCUT2D eigenvalue weighted by molar-refractivity contribution is 0.383. The lowest BCUT2D eigenvalue weighted by Gasteiger charge is -2.34. The van der Waals surface area contributed by atoms with Gasteiger partial charge in [0.05, 0.1) is 4.90 Å². The second-order valence-corrected chi connectivity index (χ2v) is 8.89. The van der Waals surface area contributed by atoms with Gasteiger partial charge in [0.1, 0.15) is 29.6 Å². The second kappa shape index (κ2) is 8.33. The summed E-state index contributed by atoms with van der Waals surface area (Å²) < 4.78 is 40.1. The second-order valence-electron chi connectivity index (χ2n) is 6.95. The molecule has 3 heterocycles. The highest BCUT2D eigenvalue weighted by atomic mass is 32.2. The predicted molar refractivity (Wildman–Crippen MR) is 112 cm³/mol. The number of aryl methyl sites for hydroxylation is 1. The fourth-order valence-corrected chi connectivity index (χ4v) is 4.66. The molecule has 1 saturated heterocycles. The number of halogens is 1. The van der Waals surface area contributed by atoms with Crippen molar-refractivity contribution in [2.45, 2.75) is 11.8 Å². The summed E-state index contributed by atoms with van der Waals surface area (Å²) in [5, 5.41) is 3.16. The predicted octanol–water partition coefficient (Wildman–Crippen LogP) is 2.57. The number of nitrogens with one attached hydrogen (secondary N) is 1. The van der Waals surface area contributed by atoms with Gasteiger partial charge in [-0.25, -0.2) is 27.8 Å². The molecule has 1 fully saturated rings. The zero-order valence-corrected chi connectivity index (χ0v) is 17.2. The number of benzene rings is 1. The van der Waals surface area contributed by atoms with Crippen molar-refractivity contribution in [3.05, 3.63) is 66.4 Å². The van der Waals surface area contributed by atoms with Gasteiger partial charge in [-0.05, 0) is 48.9 Å². The molecule has 8 nitrogen and oxygen atoms in total. The van der Waals surface area contributed by atoms with Crippen LogP contribution >= 0.6 is 0 Å². The van der Waals surface area contributed by atoms with Gasteiger partial charge in [0, 0.05) is 38.4 Å². The topological polar surface area (TPSA) is 91.3 Å². The van der Waals surface area contributed by atoms with E-state index in [1.54, 1.807) is 6.20 Å². The van der Waals surface area contributed by atoms with E-state index in [0.29, 0.717) is 43.6 Å².